The summed E-state index contributed by atoms with van der Waals surface area (Å²) in [4.78, 5) is 10.2. The first-order chi connectivity index (χ1) is 7.43. The van der Waals surface area contributed by atoms with Crippen molar-refractivity contribution in [1.82, 2.24) is 15.3 Å². The molecule has 0 unspecified atom stereocenters. The minimum Gasteiger partial charge on any atom is -0.340 e. The standard InChI is InChI=1S/C11H14N4.2ClH/c1-2-4-10-9(3-1)13-11(14-10)15-7-5-12-6-8-15;;/h1-4,12H,5-8H2,(H,13,14);2*1H. The molecule has 2 heterocycles. The molecule has 94 valence electrons. The Morgan fingerprint density at radius 2 is 1.76 bits per heavy atom. The van der Waals surface area contributed by atoms with Crippen LogP contribution in [0, 0.1) is 0 Å². The molecule has 0 amide bonds. The lowest BCUT2D eigenvalue weighted by Gasteiger charge is -2.26. The molecular weight excluding hydrogens is 259 g/mol. The Kier molecular flexibility index (Phi) is 5.05. The van der Waals surface area contributed by atoms with Gasteiger partial charge in [-0.05, 0) is 12.1 Å². The summed E-state index contributed by atoms with van der Waals surface area (Å²) in [6.45, 7) is 4.13. The predicted octanol–water partition coefficient (Wildman–Crippen LogP) is 1.82. The maximum Gasteiger partial charge on any atom is 0.203 e. The second-order valence-electron chi connectivity index (χ2n) is 3.81. The number of nitrogens with one attached hydrogen (secondary N) is 2. The highest BCUT2D eigenvalue weighted by molar-refractivity contribution is 5.85. The minimum atomic E-state index is 0. The quantitative estimate of drug-likeness (QED) is 0.834. The van der Waals surface area contributed by atoms with E-state index in [1.54, 1.807) is 0 Å². The Morgan fingerprint density at radius 3 is 2.47 bits per heavy atom. The lowest BCUT2D eigenvalue weighted by molar-refractivity contribution is 0.582. The zero-order valence-electron chi connectivity index (χ0n) is 9.35. The summed E-state index contributed by atoms with van der Waals surface area (Å²) in [6, 6.07) is 8.15. The van der Waals surface area contributed by atoms with Crippen LogP contribution in [0.2, 0.25) is 0 Å². The fraction of sp³-hybridized carbons (Fsp3) is 0.364. The number of piperazine rings is 1. The summed E-state index contributed by atoms with van der Waals surface area (Å²) in [7, 11) is 0. The number of halogens is 2. The van der Waals surface area contributed by atoms with Gasteiger partial charge in [-0.15, -0.1) is 24.8 Å². The molecule has 0 spiro atoms. The van der Waals surface area contributed by atoms with Gasteiger partial charge in [0.25, 0.3) is 0 Å². The van der Waals surface area contributed by atoms with Crippen LogP contribution in [0.15, 0.2) is 24.3 Å². The highest BCUT2D eigenvalue weighted by Crippen LogP contribution is 2.16. The van der Waals surface area contributed by atoms with Crippen LogP contribution in [0.1, 0.15) is 0 Å². The van der Waals surface area contributed by atoms with Crippen LogP contribution in [-0.4, -0.2) is 36.1 Å². The number of fused-ring (bicyclic) bond motifs is 1. The molecule has 1 saturated heterocycles. The van der Waals surface area contributed by atoms with Gasteiger partial charge in [0.05, 0.1) is 11.0 Å². The number of hydrogen-bond donors (Lipinski definition) is 2. The van der Waals surface area contributed by atoms with E-state index >= 15 is 0 Å². The fourth-order valence-corrected chi connectivity index (χ4v) is 1.97. The summed E-state index contributed by atoms with van der Waals surface area (Å²) in [6.07, 6.45) is 0. The monoisotopic (exact) mass is 274 g/mol. The molecule has 1 aliphatic rings. The Morgan fingerprint density at radius 1 is 1.06 bits per heavy atom. The molecule has 6 heteroatoms. The average Bonchev–Trinajstić information content (AvgIpc) is 2.74. The molecule has 0 bridgehead atoms. The molecule has 2 N–H and O–H groups in total. The van der Waals surface area contributed by atoms with E-state index in [2.05, 4.69) is 26.3 Å². The largest absolute Gasteiger partial charge is 0.340 e. The third-order valence-electron chi connectivity index (χ3n) is 2.79. The molecule has 2 aromatic rings. The number of imidazole rings is 1. The number of hydrogen-bond acceptors (Lipinski definition) is 3. The molecule has 0 atom stereocenters. The number of nitrogens with zero attached hydrogens (tertiary/aromatic N) is 2. The van der Waals surface area contributed by atoms with E-state index in [1.165, 1.54) is 0 Å². The van der Waals surface area contributed by atoms with Crippen LogP contribution >= 0.6 is 24.8 Å². The topological polar surface area (TPSA) is 44.0 Å². The molecule has 1 fully saturated rings. The Bertz CT molecular complexity index is 432. The van der Waals surface area contributed by atoms with Crippen molar-refractivity contribution in [3.05, 3.63) is 24.3 Å². The lowest BCUT2D eigenvalue weighted by Crippen LogP contribution is -2.44. The zero-order chi connectivity index (χ0) is 10.1. The summed E-state index contributed by atoms with van der Waals surface area (Å²) in [5.41, 5.74) is 2.16. The van der Waals surface area contributed by atoms with Crippen molar-refractivity contribution in [1.29, 1.82) is 0 Å². The predicted molar refractivity (Wildman–Crippen MR) is 75.7 cm³/mol. The van der Waals surface area contributed by atoms with E-state index < -0.39 is 0 Å². The third kappa shape index (κ3) is 2.83. The molecule has 3 rings (SSSR count). The smallest absolute Gasteiger partial charge is 0.203 e. The molecule has 17 heavy (non-hydrogen) atoms. The van der Waals surface area contributed by atoms with Crippen molar-refractivity contribution in [2.45, 2.75) is 0 Å². The van der Waals surface area contributed by atoms with Crippen molar-refractivity contribution in [2.75, 3.05) is 31.1 Å². The van der Waals surface area contributed by atoms with E-state index in [-0.39, 0.29) is 24.8 Å². The van der Waals surface area contributed by atoms with E-state index in [4.69, 9.17) is 0 Å². The highest BCUT2D eigenvalue weighted by atomic mass is 35.5. The highest BCUT2D eigenvalue weighted by Gasteiger charge is 2.13. The number of aromatic nitrogens is 2. The average molecular weight is 275 g/mol. The number of para-hydroxylation sites is 2. The van der Waals surface area contributed by atoms with Gasteiger partial charge in [-0.25, -0.2) is 4.98 Å². The summed E-state index contributed by atoms with van der Waals surface area (Å²) < 4.78 is 0. The van der Waals surface area contributed by atoms with Gasteiger partial charge in [-0.3, -0.25) is 0 Å². The van der Waals surface area contributed by atoms with Crippen molar-refractivity contribution in [3.8, 4) is 0 Å². The maximum atomic E-state index is 4.58. The van der Waals surface area contributed by atoms with E-state index in [0.29, 0.717) is 0 Å². The Hall–Kier alpha value is -0.970. The number of aromatic amines is 1. The molecule has 1 aromatic heterocycles. The molecule has 1 aliphatic heterocycles. The van der Waals surface area contributed by atoms with Crippen molar-refractivity contribution >= 4 is 41.8 Å². The third-order valence-corrected chi connectivity index (χ3v) is 2.79. The Labute approximate surface area is 113 Å². The lowest BCUT2D eigenvalue weighted by atomic mass is 10.3. The summed E-state index contributed by atoms with van der Waals surface area (Å²) in [5.74, 6) is 0.998. The second-order valence-corrected chi connectivity index (χ2v) is 3.81. The molecular formula is C11H16Cl2N4. The van der Waals surface area contributed by atoms with Gasteiger partial charge in [-0.1, -0.05) is 12.1 Å². The SMILES string of the molecule is Cl.Cl.c1ccc2[nH]c(N3CCNCC3)nc2c1. The van der Waals surface area contributed by atoms with E-state index in [1.807, 2.05) is 18.2 Å². The van der Waals surface area contributed by atoms with Crippen LogP contribution in [0.25, 0.3) is 11.0 Å². The number of benzene rings is 1. The normalized spacial score (nSPS) is 15.2. The van der Waals surface area contributed by atoms with Crippen LogP contribution in [-0.2, 0) is 0 Å². The Balaban J connectivity index is 0.000000722. The van der Waals surface area contributed by atoms with Gasteiger partial charge >= 0.3 is 0 Å². The number of H-pyrrole nitrogens is 1. The van der Waals surface area contributed by atoms with E-state index in [0.717, 1.165) is 43.2 Å². The van der Waals surface area contributed by atoms with Gasteiger partial charge in [0.2, 0.25) is 5.95 Å². The van der Waals surface area contributed by atoms with Gasteiger partial charge in [-0.2, -0.15) is 0 Å². The van der Waals surface area contributed by atoms with Crippen molar-refractivity contribution in [2.24, 2.45) is 0 Å². The van der Waals surface area contributed by atoms with Crippen LogP contribution in [0.3, 0.4) is 0 Å². The summed E-state index contributed by atoms with van der Waals surface area (Å²) >= 11 is 0. The molecule has 0 aliphatic carbocycles. The first kappa shape index (κ1) is 14.1. The van der Waals surface area contributed by atoms with Crippen molar-refractivity contribution < 1.29 is 0 Å². The van der Waals surface area contributed by atoms with Gasteiger partial charge < -0.3 is 15.2 Å². The van der Waals surface area contributed by atoms with Crippen LogP contribution in [0.4, 0.5) is 5.95 Å². The summed E-state index contributed by atoms with van der Waals surface area (Å²) in [5, 5.41) is 3.33. The van der Waals surface area contributed by atoms with Gasteiger partial charge in [0, 0.05) is 26.2 Å². The van der Waals surface area contributed by atoms with Crippen LogP contribution < -0.4 is 10.2 Å². The fourth-order valence-electron chi connectivity index (χ4n) is 1.97. The van der Waals surface area contributed by atoms with Gasteiger partial charge in [0.1, 0.15) is 0 Å². The van der Waals surface area contributed by atoms with Crippen molar-refractivity contribution in [3.63, 3.8) is 0 Å². The number of anilines is 1. The first-order valence-electron chi connectivity index (χ1n) is 5.34. The molecule has 4 nitrogen and oxygen atoms in total. The molecule has 0 radical (unpaired) electrons. The molecule has 0 saturated carbocycles. The minimum absolute atomic E-state index is 0. The number of rotatable bonds is 1. The first-order valence-corrected chi connectivity index (χ1v) is 5.34. The van der Waals surface area contributed by atoms with E-state index in [9.17, 15) is 0 Å². The van der Waals surface area contributed by atoms with Crippen LogP contribution in [0.5, 0.6) is 0 Å². The second kappa shape index (κ2) is 6.10. The molecule has 1 aromatic carbocycles. The van der Waals surface area contributed by atoms with Gasteiger partial charge in [0.15, 0.2) is 0 Å². The zero-order valence-corrected chi connectivity index (χ0v) is 11.0. The maximum absolute atomic E-state index is 4.58.